The summed E-state index contributed by atoms with van der Waals surface area (Å²) in [7, 11) is 0. The van der Waals surface area contributed by atoms with Crippen molar-refractivity contribution in [1.29, 1.82) is 0 Å². The van der Waals surface area contributed by atoms with E-state index in [-0.39, 0.29) is 23.9 Å². The first-order chi connectivity index (χ1) is 18.2. The number of fused-ring (bicyclic) bond motifs is 1. The third kappa shape index (κ3) is 6.36. The highest BCUT2D eigenvalue weighted by molar-refractivity contribution is 5.87. The predicted molar refractivity (Wildman–Crippen MR) is 148 cm³/mol. The van der Waals surface area contributed by atoms with Gasteiger partial charge in [-0.2, -0.15) is 0 Å². The lowest BCUT2D eigenvalue weighted by Crippen LogP contribution is -2.64. The number of esters is 1. The minimum atomic E-state index is -1.45. The van der Waals surface area contributed by atoms with Crippen molar-refractivity contribution < 1.29 is 39.4 Å². The second-order valence-electron chi connectivity index (χ2n) is 12.7. The molecule has 39 heavy (non-hydrogen) atoms. The highest BCUT2D eigenvalue weighted by Gasteiger charge is 2.61. The fraction of sp³-hybridized carbons (Fsp3) is 0.774. The molecule has 0 radical (unpaired) electrons. The Hall–Kier alpha value is -1.55. The lowest BCUT2D eigenvalue weighted by atomic mass is 9.46. The number of carbonyl (C=O) groups is 1. The van der Waals surface area contributed by atoms with Crippen LogP contribution in [0.15, 0.2) is 34.9 Å². The van der Waals surface area contributed by atoms with Crippen LogP contribution in [0.25, 0.3) is 0 Å². The van der Waals surface area contributed by atoms with Crippen molar-refractivity contribution in [3.05, 3.63) is 34.9 Å². The summed E-state index contributed by atoms with van der Waals surface area (Å²) in [5.74, 6) is 0.0135. The Bertz CT molecular complexity index is 968. The Morgan fingerprint density at radius 3 is 2.44 bits per heavy atom. The van der Waals surface area contributed by atoms with E-state index in [1.54, 1.807) is 26.8 Å². The standard InChI is InChI=1S/C31H50O8/c1-9-18(3)28(36)39-27-22(38-29-26(35)25(34)24(33)20(5)37-29)16-31(8)21(12-10-17(2)14-15-32)19(4)11-13-23(31)30(27,6)7/h9,11,14,20-27,29,32-35H,10,12-13,15-16H2,1-8H3/b17-14+,18-9-/t20-,21+,22-,23+,24+,25+,26-,27+,29+,31-/m0/s1. The molecule has 1 aliphatic heterocycles. The molecule has 222 valence electrons. The monoisotopic (exact) mass is 550 g/mol. The van der Waals surface area contributed by atoms with Gasteiger partial charge in [0, 0.05) is 11.0 Å². The third-order valence-corrected chi connectivity index (χ3v) is 9.80. The van der Waals surface area contributed by atoms with Gasteiger partial charge >= 0.3 is 5.97 Å². The molecule has 1 saturated carbocycles. The molecule has 0 unspecified atom stereocenters. The van der Waals surface area contributed by atoms with Gasteiger partial charge in [-0.3, -0.25) is 0 Å². The molecule has 2 aliphatic carbocycles. The summed E-state index contributed by atoms with van der Waals surface area (Å²) in [4.78, 5) is 13.0. The van der Waals surface area contributed by atoms with E-state index in [0.717, 1.165) is 24.8 Å². The van der Waals surface area contributed by atoms with Crippen LogP contribution in [-0.4, -0.2) is 75.9 Å². The molecule has 0 aromatic rings. The van der Waals surface area contributed by atoms with Crippen LogP contribution in [0, 0.1) is 22.7 Å². The SMILES string of the molecule is C/C=C(/C)C(=O)O[C@@H]1[C@@H](O[C@H]2O[C@@H](C)[C@@H](O)[C@@H](O)[C@@H]2O)C[C@@]2(C)[C@H](CC/C(C)=C/CO)C(C)=CC[C@@H]2C1(C)C. The molecule has 1 saturated heterocycles. The van der Waals surface area contributed by atoms with E-state index in [4.69, 9.17) is 14.2 Å². The van der Waals surface area contributed by atoms with Crippen LogP contribution in [0.5, 0.6) is 0 Å². The quantitative estimate of drug-likeness (QED) is 0.204. The summed E-state index contributed by atoms with van der Waals surface area (Å²) in [6.45, 7) is 15.9. The lowest BCUT2D eigenvalue weighted by Gasteiger charge is -2.61. The van der Waals surface area contributed by atoms with Crippen molar-refractivity contribution in [2.45, 2.75) is 124 Å². The molecule has 0 aromatic carbocycles. The Kier molecular flexibility index (Phi) is 10.3. The number of hydrogen-bond acceptors (Lipinski definition) is 8. The number of hydrogen-bond donors (Lipinski definition) is 4. The smallest absolute Gasteiger partial charge is 0.333 e. The maximum absolute atomic E-state index is 13.0. The van der Waals surface area contributed by atoms with Crippen LogP contribution in [-0.2, 0) is 19.0 Å². The van der Waals surface area contributed by atoms with Crippen LogP contribution >= 0.6 is 0 Å². The summed E-state index contributed by atoms with van der Waals surface area (Å²) in [5.41, 5.74) is 2.27. The van der Waals surface area contributed by atoms with Crippen molar-refractivity contribution in [3.63, 3.8) is 0 Å². The number of carbonyl (C=O) groups excluding carboxylic acids is 1. The van der Waals surface area contributed by atoms with Crippen molar-refractivity contribution in [2.75, 3.05) is 6.61 Å². The molecule has 2 fully saturated rings. The summed E-state index contributed by atoms with van der Waals surface area (Å²) < 4.78 is 18.4. The zero-order valence-electron chi connectivity index (χ0n) is 24.9. The molecule has 8 heteroatoms. The molecule has 3 aliphatic rings. The van der Waals surface area contributed by atoms with E-state index < -0.39 is 54.3 Å². The van der Waals surface area contributed by atoms with Gasteiger partial charge in [-0.15, -0.1) is 0 Å². The van der Waals surface area contributed by atoms with Gasteiger partial charge in [-0.05, 0) is 77.6 Å². The zero-order valence-corrected chi connectivity index (χ0v) is 24.9. The minimum Gasteiger partial charge on any atom is -0.456 e. The summed E-state index contributed by atoms with van der Waals surface area (Å²) in [5, 5.41) is 40.7. The summed E-state index contributed by atoms with van der Waals surface area (Å²) in [6, 6.07) is 0. The molecule has 0 amide bonds. The third-order valence-electron chi connectivity index (χ3n) is 9.80. The molecule has 0 spiro atoms. The van der Waals surface area contributed by atoms with Gasteiger partial charge in [0.1, 0.15) is 24.4 Å². The minimum absolute atomic E-state index is 0.0233. The first-order valence-corrected chi connectivity index (χ1v) is 14.3. The first kappa shape index (κ1) is 32.0. The van der Waals surface area contributed by atoms with Gasteiger partial charge in [0.2, 0.25) is 0 Å². The molecule has 1 heterocycles. The highest BCUT2D eigenvalue weighted by atomic mass is 16.7. The van der Waals surface area contributed by atoms with Gasteiger partial charge in [-0.25, -0.2) is 4.79 Å². The Labute approximate surface area is 233 Å². The van der Waals surface area contributed by atoms with Crippen LogP contribution in [0.2, 0.25) is 0 Å². The molecule has 4 N–H and O–H groups in total. The van der Waals surface area contributed by atoms with Crippen molar-refractivity contribution in [3.8, 4) is 0 Å². The fourth-order valence-corrected chi connectivity index (χ4v) is 7.29. The second kappa shape index (κ2) is 12.5. The van der Waals surface area contributed by atoms with Gasteiger partial charge in [0.15, 0.2) is 6.29 Å². The summed E-state index contributed by atoms with van der Waals surface area (Å²) >= 11 is 0. The zero-order chi connectivity index (χ0) is 29.3. The largest absolute Gasteiger partial charge is 0.456 e. The number of aliphatic hydroxyl groups is 4. The van der Waals surface area contributed by atoms with Gasteiger partial charge in [0.05, 0.1) is 18.8 Å². The Morgan fingerprint density at radius 2 is 1.82 bits per heavy atom. The number of rotatable bonds is 8. The van der Waals surface area contributed by atoms with E-state index in [1.165, 1.54) is 5.57 Å². The predicted octanol–water partition coefficient (Wildman–Crippen LogP) is 3.81. The van der Waals surface area contributed by atoms with Crippen LogP contribution in [0.3, 0.4) is 0 Å². The fourth-order valence-electron chi connectivity index (χ4n) is 7.29. The normalized spacial score (nSPS) is 41.0. The van der Waals surface area contributed by atoms with Gasteiger partial charge in [-0.1, -0.05) is 50.1 Å². The average Bonchev–Trinajstić information content (AvgIpc) is 2.87. The number of allylic oxidation sites excluding steroid dienone is 4. The molecular weight excluding hydrogens is 500 g/mol. The number of aliphatic hydroxyl groups excluding tert-OH is 4. The maximum atomic E-state index is 13.0. The van der Waals surface area contributed by atoms with E-state index in [0.29, 0.717) is 12.0 Å². The van der Waals surface area contributed by atoms with E-state index in [1.807, 2.05) is 13.0 Å². The Balaban J connectivity index is 2.01. The van der Waals surface area contributed by atoms with Crippen LogP contribution in [0.1, 0.15) is 81.1 Å². The van der Waals surface area contributed by atoms with Crippen molar-refractivity contribution in [2.24, 2.45) is 22.7 Å². The van der Waals surface area contributed by atoms with Gasteiger partial charge in [0.25, 0.3) is 0 Å². The molecule has 0 aromatic heterocycles. The Morgan fingerprint density at radius 1 is 1.15 bits per heavy atom. The molecule has 0 bridgehead atoms. The van der Waals surface area contributed by atoms with E-state index >= 15 is 0 Å². The highest BCUT2D eigenvalue weighted by Crippen LogP contribution is 2.62. The second-order valence-corrected chi connectivity index (χ2v) is 12.7. The number of ether oxygens (including phenoxy) is 3. The molecule has 8 nitrogen and oxygen atoms in total. The molecular formula is C31H50O8. The average molecular weight is 551 g/mol. The van der Waals surface area contributed by atoms with Crippen molar-refractivity contribution in [1.82, 2.24) is 0 Å². The maximum Gasteiger partial charge on any atom is 0.333 e. The van der Waals surface area contributed by atoms with E-state index in [9.17, 15) is 25.2 Å². The first-order valence-electron chi connectivity index (χ1n) is 14.3. The van der Waals surface area contributed by atoms with Crippen LogP contribution in [0.4, 0.5) is 0 Å². The topological polar surface area (TPSA) is 126 Å². The summed E-state index contributed by atoms with van der Waals surface area (Å²) in [6.07, 6.45) is 1.78. The van der Waals surface area contributed by atoms with E-state index in [2.05, 4.69) is 33.8 Å². The van der Waals surface area contributed by atoms with Crippen molar-refractivity contribution >= 4 is 5.97 Å². The van der Waals surface area contributed by atoms with Gasteiger partial charge < -0.3 is 34.6 Å². The lowest BCUT2D eigenvalue weighted by molar-refractivity contribution is -0.325. The van der Waals surface area contributed by atoms with Crippen LogP contribution < -0.4 is 0 Å². The molecule has 3 rings (SSSR count). The molecule has 10 atom stereocenters.